The highest BCUT2D eigenvalue weighted by atomic mass is 32.2. The number of rotatable bonds is 8. The minimum absolute atomic E-state index is 0.400. The molecule has 1 fully saturated rings. The van der Waals surface area contributed by atoms with Gasteiger partial charge in [0.05, 0.1) is 17.3 Å². The molecule has 114 valence electrons. The van der Waals surface area contributed by atoms with Crippen molar-refractivity contribution in [1.82, 2.24) is 0 Å². The predicted octanol–water partition coefficient (Wildman–Crippen LogP) is 0.317. The molecule has 7 heteroatoms. The van der Waals surface area contributed by atoms with Gasteiger partial charge in [0.1, 0.15) is 18.3 Å². The molecule has 0 aromatic rings. The summed E-state index contributed by atoms with van der Waals surface area (Å²) >= 11 is 3.75. The molecule has 0 aromatic heterocycles. The Labute approximate surface area is 123 Å². The van der Waals surface area contributed by atoms with Crippen LogP contribution in [0.25, 0.3) is 0 Å². The predicted molar refractivity (Wildman–Crippen MR) is 78.6 cm³/mol. The van der Waals surface area contributed by atoms with Gasteiger partial charge < -0.3 is 24.8 Å². The van der Waals surface area contributed by atoms with Gasteiger partial charge in [0, 0.05) is 14.2 Å². The molecule has 0 spiro atoms. The highest BCUT2D eigenvalue weighted by Crippen LogP contribution is 2.35. The topological polar surface area (TPSA) is 79.2 Å². The minimum atomic E-state index is -1.11. The molecule has 19 heavy (non-hydrogen) atoms. The van der Waals surface area contributed by atoms with Crippen molar-refractivity contribution in [3.63, 3.8) is 0 Å². The van der Waals surface area contributed by atoms with E-state index in [2.05, 4.69) is 0 Å². The van der Waals surface area contributed by atoms with Crippen LogP contribution in [0.4, 0.5) is 0 Å². The highest BCUT2D eigenvalue weighted by molar-refractivity contribution is 8.17. The first kappa shape index (κ1) is 17.6. The third-order valence-corrected chi connectivity index (χ3v) is 6.17. The summed E-state index contributed by atoms with van der Waals surface area (Å²) in [5.74, 6) is 2.27. The van der Waals surface area contributed by atoms with E-state index in [-0.39, 0.29) is 0 Å². The number of hydrogen-bond acceptors (Lipinski definition) is 7. The largest absolute Gasteiger partial charge is 0.394 e. The van der Waals surface area contributed by atoms with Crippen LogP contribution in [-0.4, -0.2) is 76.6 Å². The summed E-state index contributed by atoms with van der Waals surface area (Å²) in [6.45, 7) is -0.446. The first-order chi connectivity index (χ1) is 9.13. The lowest BCUT2D eigenvalue weighted by Crippen LogP contribution is -2.48. The maximum Gasteiger partial charge on any atom is 0.114 e. The van der Waals surface area contributed by atoms with Crippen molar-refractivity contribution in [3.8, 4) is 0 Å². The van der Waals surface area contributed by atoms with Crippen molar-refractivity contribution in [2.75, 3.05) is 32.3 Å². The Balaban J connectivity index is 2.55. The average molecular weight is 312 g/mol. The summed E-state index contributed by atoms with van der Waals surface area (Å²) < 4.78 is 10.8. The van der Waals surface area contributed by atoms with E-state index in [0.717, 1.165) is 11.5 Å². The molecule has 0 saturated carbocycles. The number of hydrogen-bond donors (Lipinski definition) is 3. The summed E-state index contributed by atoms with van der Waals surface area (Å²) in [7, 11) is 2.95. The number of aliphatic hydroxyl groups is 3. The Hall–Kier alpha value is 0.500. The molecular formula is C12H24O5S2. The summed E-state index contributed by atoms with van der Waals surface area (Å²) in [4.78, 5) is 0. The summed E-state index contributed by atoms with van der Waals surface area (Å²) in [5.41, 5.74) is 0. The zero-order valence-corrected chi connectivity index (χ0v) is 13.0. The van der Waals surface area contributed by atoms with Crippen LogP contribution in [0.3, 0.4) is 0 Å². The van der Waals surface area contributed by atoms with Gasteiger partial charge in [-0.05, 0) is 24.3 Å². The van der Waals surface area contributed by atoms with Crippen LogP contribution >= 0.6 is 23.5 Å². The van der Waals surface area contributed by atoms with Crippen LogP contribution in [0.15, 0.2) is 0 Å². The number of methoxy groups -OCH3 is 2. The molecular weight excluding hydrogens is 288 g/mol. The van der Waals surface area contributed by atoms with Gasteiger partial charge in [-0.25, -0.2) is 0 Å². The Kier molecular flexibility index (Phi) is 8.72. The van der Waals surface area contributed by atoms with Crippen molar-refractivity contribution < 1.29 is 24.8 Å². The molecule has 1 heterocycles. The van der Waals surface area contributed by atoms with Crippen LogP contribution in [0.2, 0.25) is 0 Å². The Bertz CT molecular complexity index is 238. The quantitative estimate of drug-likeness (QED) is 0.595. The molecule has 4 atom stereocenters. The standard InChI is InChI=1S/C12H24O5S2/c1-16-9(6-10-18-4-3-5-19-10)11(15)12(17-2)8(14)7-13/h8-15H,3-7H2,1-2H3/t8-,9+,11+,12+/m0/s1. The van der Waals surface area contributed by atoms with Crippen molar-refractivity contribution in [2.24, 2.45) is 0 Å². The zero-order chi connectivity index (χ0) is 14.3. The third kappa shape index (κ3) is 5.41. The van der Waals surface area contributed by atoms with Crippen LogP contribution in [0.1, 0.15) is 12.8 Å². The van der Waals surface area contributed by atoms with Crippen molar-refractivity contribution >= 4 is 23.5 Å². The van der Waals surface area contributed by atoms with E-state index in [1.807, 2.05) is 23.5 Å². The van der Waals surface area contributed by atoms with E-state index in [1.54, 1.807) is 7.11 Å². The van der Waals surface area contributed by atoms with Crippen LogP contribution < -0.4 is 0 Å². The van der Waals surface area contributed by atoms with E-state index < -0.39 is 31.0 Å². The second-order valence-corrected chi connectivity index (χ2v) is 7.40. The molecule has 0 bridgehead atoms. The molecule has 0 amide bonds. The third-order valence-electron chi connectivity index (χ3n) is 3.18. The molecule has 1 rings (SSSR count). The molecule has 0 aromatic carbocycles. The Morgan fingerprint density at radius 3 is 2.26 bits per heavy atom. The summed E-state index contributed by atoms with van der Waals surface area (Å²) in [5, 5.41) is 28.9. The Morgan fingerprint density at radius 2 is 1.79 bits per heavy atom. The molecule has 1 aliphatic rings. The van der Waals surface area contributed by atoms with E-state index in [4.69, 9.17) is 14.6 Å². The monoisotopic (exact) mass is 312 g/mol. The SMILES string of the molecule is CO[C@@H]([C@H](O)[C@@H](CC1SCCCS1)OC)[C@@H](O)CO. The molecule has 1 aliphatic heterocycles. The first-order valence-electron chi connectivity index (χ1n) is 6.39. The fourth-order valence-corrected chi connectivity index (χ4v) is 5.02. The second-order valence-electron chi connectivity index (χ2n) is 4.48. The average Bonchev–Trinajstić information content (AvgIpc) is 2.46. The van der Waals surface area contributed by atoms with Gasteiger partial charge in [-0.2, -0.15) is 0 Å². The molecule has 5 nitrogen and oxygen atoms in total. The first-order valence-corrected chi connectivity index (χ1v) is 8.49. The van der Waals surface area contributed by atoms with Gasteiger partial charge in [0.15, 0.2) is 0 Å². The van der Waals surface area contributed by atoms with Gasteiger partial charge >= 0.3 is 0 Å². The van der Waals surface area contributed by atoms with Crippen LogP contribution in [-0.2, 0) is 9.47 Å². The molecule has 0 aliphatic carbocycles. The van der Waals surface area contributed by atoms with Crippen molar-refractivity contribution in [1.29, 1.82) is 0 Å². The fourth-order valence-electron chi connectivity index (χ4n) is 2.08. The maximum absolute atomic E-state index is 10.3. The number of thioether (sulfide) groups is 2. The maximum atomic E-state index is 10.3. The van der Waals surface area contributed by atoms with Gasteiger partial charge in [0.2, 0.25) is 0 Å². The Morgan fingerprint density at radius 1 is 1.16 bits per heavy atom. The number of aliphatic hydroxyl groups excluding tert-OH is 3. The lowest BCUT2D eigenvalue weighted by molar-refractivity contribution is -0.137. The van der Waals surface area contributed by atoms with Crippen LogP contribution in [0, 0.1) is 0 Å². The molecule has 0 unspecified atom stereocenters. The fraction of sp³-hybridized carbons (Fsp3) is 1.00. The van der Waals surface area contributed by atoms with E-state index in [1.165, 1.54) is 13.5 Å². The summed E-state index contributed by atoms with van der Waals surface area (Å²) in [6, 6.07) is 0. The van der Waals surface area contributed by atoms with Crippen molar-refractivity contribution in [2.45, 2.75) is 41.8 Å². The lowest BCUT2D eigenvalue weighted by Gasteiger charge is -2.33. The molecule has 3 N–H and O–H groups in total. The smallest absolute Gasteiger partial charge is 0.114 e. The van der Waals surface area contributed by atoms with Gasteiger partial charge in [-0.3, -0.25) is 0 Å². The zero-order valence-electron chi connectivity index (χ0n) is 11.4. The lowest BCUT2D eigenvalue weighted by atomic mass is 10.0. The molecule has 1 saturated heterocycles. The number of ether oxygens (including phenoxy) is 2. The normalized spacial score (nSPS) is 23.8. The van der Waals surface area contributed by atoms with E-state index in [0.29, 0.717) is 11.0 Å². The van der Waals surface area contributed by atoms with E-state index in [9.17, 15) is 10.2 Å². The summed E-state index contributed by atoms with van der Waals surface area (Å²) in [6.07, 6.45) is -1.39. The second kappa shape index (κ2) is 9.44. The highest BCUT2D eigenvalue weighted by Gasteiger charge is 2.34. The van der Waals surface area contributed by atoms with Gasteiger partial charge in [0.25, 0.3) is 0 Å². The van der Waals surface area contributed by atoms with E-state index >= 15 is 0 Å². The minimum Gasteiger partial charge on any atom is -0.394 e. The van der Waals surface area contributed by atoms with Crippen molar-refractivity contribution in [3.05, 3.63) is 0 Å². The van der Waals surface area contributed by atoms with Gasteiger partial charge in [-0.1, -0.05) is 0 Å². The van der Waals surface area contributed by atoms with Gasteiger partial charge in [-0.15, -0.1) is 23.5 Å². The molecule has 0 radical (unpaired) electrons. The van der Waals surface area contributed by atoms with Crippen LogP contribution in [0.5, 0.6) is 0 Å².